The lowest BCUT2D eigenvalue weighted by molar-refractivity contribution is -0.146. The lowest BCUT2D eigenvalue weighted by Gasteiger charge is -2.46. The van der Waals surface area contributed by atoms with E-state index in [9.17, 15) is 19.5 Å². The highest BCUT2D eigenvalue weighted by atomic mass is 35.5. The molecule has 4 heterocycles. The quantitative estimate of drug-likeness (QED) is 0.138. The number of anilines is 1. The van der Waals surface area contributed by atoms with E-state index in [1.807, 2.05) is 12.2 Å². The van der Waals surface area contributed by atoms with Gasteiger partial charge in [-0.3, -0.25) is 19.6 Å². The molecule has 0 spiro atoms. The maximum Gasteiger partial charge on any atom is 0.353 e. The standard InChI is InChI=1S/C22H22ClN7O5S3/c23-18-14(27-22(24)38-18)15(29-35-11-3-1-2-4-11)19(32)28-20-17(36-6-5-10-8-25-26-9-10)16(21(33)34)30-12(31)7-13(30)37-20/h1,3,8-9,11,13,20H,2,4-7H2,(H2,24,27)(H,25,26)(H,28,32)(H,33,34)/b29-15-/t11?,13-,20?/m1/s1. The van der Waals surface area contributed by atoms with Crippen LogP contribution in [0.25, 0.3) is 0 Å². The normalized spacial score (nSPS) is 22.9. The van der Waals surface area contributed by atoms with Crippen molar-refractivity contribution in [2.45, 2.75) is 42.5 Å². The van der Waals surface area contributed by atoms with Crippen LogP contribution in [0.15, 0.2) is 40.3 Å². The summed E-state index contributed by atoms with van der Waals surface area (Å²) in [7, 11) is 0. The Kier molecular flexibility index (Phi) is 7.97. The van der Waals surface area contributed by atoms with Crippen LogP contribution in [0.2, 0.25) is 4.34 Å². The van der Waals surface area contributed by atoms with Crippen LogP contribution in [0.1, 0.15) is 30.5 Å². The average molecular weight is 596 g/mol. The summed E-state index contributed by atoms with van der Waals surface area (Å²) in [4.78, 5) is 49.5. The van der Waals surface area contributed by atoms with Gasteiger partial charge < -0.3 is 21.0 Å². The second kappa shape index (κ2) is 11.4. The van der Waals surface area contributed by atoms with Crippen molar-refractivity contribution in [3.8, 4) is 0 Å². The van der Waals surface area contributed by atoms with Crippen LogP contribution in [0.3, 0.4) is 0 Å². The number of halogens is 1. The van der Waals surface area contributed by atoms with Crippen LogP contribution < -0.4 is 11.1 Å². The number of aryl methyl sites for hydroxylation is 1. The van der Waals surface area contributed by atoms with Crippen molar-refractivity contribution >= 4 is 75.1 Å². The van der Waals surface area contributed by atoms with Gasteiger partial charge in [0.2, 0.25) is 5.91 Å². The van der Waals surface area contributed by atoms with E-state index in [-0.39, 0.29) is 45.0 Å². The molecule has 38 heavy (non-hydrogen) atoms. The Labute approximate surface area is 234 Å². The molecule has 16 heteroatoms. The third kappa shape index (κ3) is 5.55. The number of oxime groups is 1. The summed E-state index contributed by atoms with van der Waals surface area (Å²) in [6.07, 6.45) is 9.29. The number of thioether (sulfide) groups is 2. The van der Waals surface area contributed by atoms with Crippen molar-refractivity contribution in [1.29, 1.82) is 0 Å². The second-order valence-corrected chi connectivity index (χ2v) is 12.5. The molecule has 2 aromatic rings. The topological polar surface area (TPSA) is 176 Å². The van der Waals surface area contributed by atoms with Gasteiger partial charge in [0.15, 0.2) is 10.8 Å². The zero-order chi connectivity index (χ0) is 26.8. The maximum atomic E-state index is 13.6. The van der Waals surface area contributed by atoms with E-state index in [4.69, 9.17) is 22.2 Å². The summed E-state index contributed by atoms with van der Waals surface area (Å²) in [5.74, 6) is -1.68. The number of amides is 2. The SMILES string of the molecule is Nc1nc(/C(=N/OC2C=CCC2)C(=O)NC2S[C@@H]3CC(=O)N3C(C(=O)O)=C2SCCc2cn[nH]c2)c(Cl)s1. The number of H-pyrrole nitrogens is 1. The Morgan fingerprint density at radius 2 is 2.29 bits per heavy atom. The molecule has 0 saturated carbocycles. The first-order valence-electron chi connectivity index (χ1n) is 11.5. The highest BCUT2D eigenvalue weighted by molar-refractivity contribution is 8.06. The van der Waals surface area contributed by atoms with Crippen LogP contribution in [-0.4, -0.2) is 71.3 Å². The third-order valence-corrected chi connectivity index (χ3v) is 9.57. The number of carbonyl (C=O) groups is 3. The van der Waals surface area contributed by atoms with E-state index in [0.29, 0.717) is 17.1 Å². The highest BCUT2D eigenvalue weighted by Gasteiger charge is 2.49. The lowest BCUT2D eigenvalue weighted by Crippen LogP contribution is -2.57. The summed E-state index contributed by atoms with van der Waals surface area (Å²) in [6, 6.07) is 0. The molecular weight excluding hydrogens is 574 g/mol. The number of carboxylic acids is 1. The Morgan fingerprint density at radius 3 is 2.92 bits per heavy atom. The third-order valence-electron chi connectivity index (χ3n) is 5.87. The second-order valence-electron chi connectivity index (χ2n) is 8.40. The van der Waals surface area contributed by atoms with Crippen molar-refractivity contribution in [2.24, 2.45) is 5.16 Å². The molecule has 2 aliphatic heterocycles. The minimum absolute atomic E-state index is 0.0755. The molecule has 2 unspecified atom stereocenters. The Morgan fingerprint density at radius 1 is 1.45 bits per heavy atom. The minimum atomic E-state index is -1.24. The average Bonchev–Trinajstić information content (AvgIpc) is 3.63. The molecule has 5 rings (SSSR count). The number of carboxylic acid groups (broad SMARTS) is 1. The van der Waals surface area contributed by atoms with Crippen LogP contribution >= 0.6 is 46.5 Å². The number of aliphatic carboxylic acids is 1. The van der Waals surface area contributed by atoms with E-state index in [0.717, 1.165) is 29.7 Å². The van der Waals surface area contributed by atoms with Gasteiger partial charge in [0.05, 0.1) is 18.0 Å². The fourth-order valence-corrected chi connectivity index (χ4v) is 7.73. The van der Waals surface area contributed by atoms with Crippen molar-refractivity contribution in [3.05, 3.63) is 50.7 Å². The van der Waals surface area contributed by atoms with E-state index >= 15 is 0 Å². The number of hydrogen-bond donors (Lipinski definition) is 4. The molecule has 1 aliphatic carbocycles. The van der Waals surface area contributed by atoms with E-state index < -0.39 is 22.6 Å². The molecule has 1 fully saturated rings. The van der Waals surface area contributed by atoms with Gasteiger partial charge >= 0.3 is 5.97 Å². The number of rotatable bonds is 10. The fourth-order valence-electron chi connectivity index (χ4n) is 4.03. The van der Waals surface area contributed by atoms with Gasteiger partial charge in [0.1, 0.15) is 27.2 Å². The number of allylic oxidation sites excluding steroid dienone is 1. The molecule has 2 aromatic heterocycles. The highest BCUT2D eigenvalue weighted by Crippen LogP contribution is 2.46. The first-order chi connectivity index (χ1) is 18.3. The monoisotopic (exact) mass is 595 g/mol. The largest absolute Gasteiger partial charge is 0.477 e. The van der Waals surface area contributed by atoms with Crippen LogP contribution in [0, 0.1) is 0 Å². The Bertz CT molecular complexity index is 1340. The number of fused-ring (bicyclic) bond motifs is 1. The van der Waals surface area contributed by atoms with Gasteiger partial charge in [-0.05, 0) is 30.9 Å². The molecule has 3 aliphatic rings. The molecule has 0 radical (unpaired) electrons. The van der Waals surface area contributed by atoms with Crippen molar-refractivity contribution < 1.29 is 24.3 Å². The van der Waals surface area contributed by atoms with Crippen molar-refractivity contribution in [1.82, 2.24) is 25.4 Å². The number of aromatic nitrogens is 3. The number of thiazole rings is 1. The van der Waals surface area contributed by atoms with Crippen LogP contribution in [0.4, 0.5) is 5.13 Å². The lowest BCUT2D eigenvalue weighted by atomic mass is 10.1. The molecule has 200 valence electrons. The van der Waals surface area contributed by atoms with Gasteiger partial charge in [-0.15, -0.1) is 23.5 Å². The summed E-state index contributed by atoms with van der Waals surface area (Å²) >= 11 is 9.84. The Hall–Kier alpha value is -3.01. The predicted molar refractivity (Wildman–Crippen MR) is 146 cm³/mol. The van der Waals surface area contributed by atoms with Crippen molar-refractivity contribution in [3.63, 3.8) is 0 Å². The minimum Gasteiger partial charge on any atom is -0.477 e. The van der Waals surface area contributed by atoms with Crippen LogP contribution in [0.5, 0.6) is 0 Å². The van der Waals surface area contributed by atoms with Gasteiger partial charge in [0.25, 0.3) is 5.91 Å². The van der Waals surface area contributed by atoms with Gasteiger partial charge in [-0.1, -0.05) is 34.2 Å². The number of carbonyl (C=O) groups excluding carboxylic acids is 2. The molecule has 0 bridgehead atoms. The molecule has 5 N–H and O–H groups in total. The summed E-state index contributed by atoms with van der Waals surface area (Å²) in [5.41, 5.74) is 6.52. The predicted octanol–water partition coefficient (Wildman–Crippen LogP) is 2.56. The van der Waals surface area contributed by atoms with Gasteiger partial charge in [0, 0.05) is 16.9 Å². The van der Waals surface area contributed by atoms with Crippen molar-refractivity contribution in [2.75, 3.05) is 11.5 Å². The maximum absolute atomic E-state index is 13.6. The summed E-state index contributed by atoms with van der Waals surface area (Å²) in [6.45, 7) is 0. The number of β-lactam (4-membered cyclic amide) rings is 1. The van der Waals surface area contributed by atoms with Gasteiger partial charge in [-0.25, -0.2) is 9.78 Å². The van der Waals surface area contributed by atoms with E-state index in [1.165, 1.54) is 28.4 Å². The smallest absolute Gasteiger partial charge is 0.353 e. The van der Waals surface area contributed by atoms with Crippen LogP contribution in [-0.2, 0) is 25.6 Å². The zero-order valence-corrected chi connectivity index (χ0v) is 22.8. The Balaban J connectivity index is 1.42. The molecule has 2 amide bonds. The van der Waals surface area contributed by atoms with E-state index in [1.54, 1.807) is 12.4 Å². The first-order valence-corrected chi connectivity index (χ1v) is 14.6. The fraction of sp³-hybridized carbons (Fsp3) is 0.364. The number of nitrogens with two attached hydrogens (primary N) is 1. The van der Waals surface area contributed by atoms with Gasteiger partial charge in [-0.2, -0.15) is 5.10 Å². The van der Waals surface area contributed by atoms with E-state index in [2.05, 4.69) is 25.7 Å². The summed E-state index contributed by atoms with van der Waals surface area (Å²) < 4.78 is 0.172. The molecule has 3 atom stereocenters. The number of aromatic amines is 1. The zero-order valence-electron chi connectivity index (χ0n) is 19.6. The first kappa shape index (κ1) is 26.6. The number of nitrogen functional groups attached to an aromatic ring is 1. The summed E-state index contributed by atoms with van der Waals surface area (Å²) in [5, 5.41) is 22.6. The molecule has 1 saturated heterocycles. The number of nitrogens with zero attached hydrogens (tertiary/aromatic N) is 4. The number of hydrogen-bond acceptors (Lipinski definition) is 11. The number of nitrogens with one attached hydrogen (secondary N) is 2. The molecule has 0 aromatic carbocycles. The molecular formula is C22H22ClN7O5S3. The molecule has 12 nitrogen and oxygen atoms in total.